The molecule has 0 spiro atoms. The zero-order valence-electron chi connectivity index (χ0n) is 34.4. The lowest BCUT2D eigenvalue weighted by molar-refractivity contribution is -0.167. The minimum atomic E-state index is -1.18. The Hall–Kier alpha value is -6.10. The van der Waals surface area contributed by atoms with E-state index in [2.05, 4.69) is 14.2 Å². The molecule has 1 unspecified atom stereocenters. The number of esters is 7. The fraction of sp³-hybridized carbons (Fsp3) is 0.622. The van der Waals surface area contributed by atoms with Gasteiger partial charge in [-0.3, -0.25) is 67.1 Å². The molecule has 0 aromatic carbocycles. The van der Waals surface area contributed by atoms with Crippen molar-refractivity contribution in [3.8, 4) is 0 Å². The number of Topliss-reactive ketones (excluding diaryl/α,β-unsaturated/α-hetero) is 7. The first-order valence-electron chi connectivity index (χ1n) is 17.7. The number of carbonyl (C=O) groups excluding carboxylic acids is 14. The predicted octanol–water partition coefficient (Wildman–Crippen LogP) is -1.29. The highest BCUT2D eigenvalue weighted by Gasteiger charge is 2.22. The van der Waals surface area contributed by atoms with Crippen molar-refractivity contribution in [3.05, 3.63) is 0 Å². The first-order chi connectivity index (χ1) is 27.7. The Morgan fingerprint density at radius 2 is 0.533 bits per heavy atom. The molecule has 0 aliphatic rings. The summed E-state index contributed by atoms with van der Waals surface area (Å²) < 4.78 is 32.8. The molecule has 0 aliphatic carbocycles. The summed E-state index contributed by atoms with van der Waals surface area (Å²) in [5, 5.41) is 18.2. The fourth-order valence-electron chi connectivity index (χ4n) is 3.36. The first kappa shape index (κ1) is 58.2. The van der Waals surface area contributed by atoms with E-state index in [1.54, 1.807) is 0 Å². The van der Waals surface area contributed by atoms with Crippen LogP contribution < -0.4 is 0 Å². The van der Waals surface area contributed by atoms with E-state index in [9.17, 15) is 72.2 Å². The number of aliphatic hydroxyl groups excluding tert-OH is 2. The Balaban J connectivity index is -0.000000826. The van der Waals surface area contributed by atoms with Crippen molar-refractivity contribution in [1.29, 1.82) is 0 Å². The van der Waals surface area contributed by atoms with Gasteiger partial charge in [0, 0.05) is 0 Å². The van der Waals surface area contributed by atoms with E-state index in [1.807, 2.05) is 0 Å². The summed E-state index contributed by atoms with van der Waals surface area (Å²) in [6.45, 7) is 5.97. The average molecular weight is 865 g/mol. The summed E-state index contributed by atoms with van der Waals surface area (Å²) in [6.07, 6.45) is -6.26. The molecule has 1 atom stereocenters. The summed E-state index contributed by atoms with van der Waals surface area (Å²) >= 11 is 0. The molecule has 0 amide bonds. The summed E-state index contributed by atoms with van der Waals surface area (Å²) in [5.41, 5.74) is 0. The molecule has 0 aromatic heterocycles. The molecule has 23 heteroatoms. The molecule has 2 N–H and O–H groups in total. The zero-order valence-corrected chi connectivity index (χ0v) is 34.4. The Morgan fingerprint density at radius 1 is 0.333 bits per heavy atom. The van der Waals surface area contributed by atoms with Crippen molar-refractivity contribution >= 4 is 82.3 Å². The summed E-state index contributed by atoms with van der Waals surface area (Å²) in [7, 11) is 0. The quantitative estimate of drug-likeness (QED) is 0.0551. The van der Waals surface area contributed by atoms with Gasteiger partial charge < -0.3 is 43.4 Å². The third-order valence-electron chi connectivity index (χ3n) is 5.72. The maximum Gasteiger partial charge on any atom is 0.313 e. The highest BCUT2D eigenvalue weighted by atomic mass is 16.6. The van der Waals surface area contributed by atoms with Crippen molar-refractivity contribution in [2.75, 3.05) is 39.6 Å². The molecule has 0 aliphatic heterocycles. The molecule has 0 saturated carbocycles. The topological polar surface area (TPSA) is 344 Å². The van der Waals surface area contributed by atoms with Gasteiger partial charge >= 0.3 is 41.8 Å². The van der Waals surface area contributed by atoms with Crippen molar-refractivity contribution in [2.24, 2.45) is 0 Å². The number of rotatable bonds is 27. The Kier molecular flexibility index (Phi) is 32.8. The summed E-state index contributed by atoms with van der Waals surface area (Å²) in [6, 6.07) is 0. The Bertz CT molecular complexity index is 1480. The monoisotopic (exact) mass is 864 g/mol. The van der Waals surface area contributed by atoms with E-state index < -0.39 is 123 Å². The van der Waals surface area contributed by atoms with E-state index in [4.69, 9.17) is 24.1 Å². The van der Waals surface area contributed by atoms with Gasteiger partial charge in [-0.05, 0) is 48.5 Å². The van der Waals surface area contributed by atoms with Gasteiger partial charge in [0.25, 0.3) is 0 Å². The molecule has 0 bridgehead atoms. The third kappa shape index (κ3) is 41.5. The molecule has 23 nitrogen and oxygen atoms in total. The van der Waals surface area contributed by atoms with E-state index >= 15 is 0 Å². The maximum atomic E-state index is 11.5. The molecule has 338 valence electrons. The van der Waals surface area contributed by atoms with E-state index in [-0.39, 0.29) is 62.2 Å². The molecule has 0 radical (unpaired) electrons. The highest BCUT2D eigenvalue weighted by molar-refractivity contribution is 5.97. The number of aliphatic hydroxyl groups is 2. The number of hydrogen-bond donors (Lipinski definition) is 2. The van der Waals surface area contributed by atoms with Crippen LogP contribution >= 0.6 is 0 Å². The lowest BCUT2D eigenvalue weighted by Gasteiger charge is -2.17. The van der Waals surface area contributed by atoms with Crippen LogP contribution in [-0.2, 0) is 100 Å². The van der Waals surface area contributed by atoms with Crippen molar-refractivity contribution in [3.63, 3.8) is 0 Å². The second-order valence-corrected chi connectivity index (χ2v) is 12.6. The second kappa shape index (κ2) is 33.8. The van der Waals surface area contributed by atoms with E-state index in [0.717, 1.165) is 0 Å². The molecule has 0 fully saturated rings. The normalized spacial score (nSPS) is 10.4. The lowest BCUT2D eigenvalue weighted by atomic mass is 10.3. The molecule has 60 heavy (non-hydrogen) atoms. The Labute approximate surface area is 344 Å². The Morgan fingerprint density at radius 3 is 0.767 bits per heavy atom. The second-order valence-electron chi connectivity index (χ2n) is 12.6. The van der Waals surface area contributed by atoms with Gasteiger partial charge in [0.1, 0.15) is 125 Å². The average Bonchev–Trinajstić information content (AvgIpc) is 3.07. The van der Waals surface area contributed by atoms with Gasteiger partial charge in [-0.15, -0.1) is 0 Å². The fourth-order valence-corrected chi connectivity index (χ4v) is 3.36. The molecular weight excluding hydrogens is 812 g/mol. The van der Waals surface area contributed by atoms with Crippen molar-refractivity contribution < 1.29 is 110 Å². The number of ether oxygens (including phenoxy) is 7. The van der Waals surface area contributed by atoms with Gasteiger partial charge in [-0.2, -0.15) is 0 Å². The standard InChI is InChI=1S/C15H20O9.2C11H16O7/c1-9(16)4-13(19)22-7-12(24-15(21)6-11(3)18)8-23-14(20)5-10(2)17;1-7(12)3-10(15)17-5-9(14)6-18-11(16)4-8(2)13;1-7(13)3-10(15)17-6-9(5-12)18-11(16)4-8(2)14/h12H,4-8H2,1-3H3;9,14H,3-6H2,1-2H3;9,12H,3-6H2,1-2H3. The summed E-state index contributed by atoms with van der Waals surface area (Å²) in [5.74, 6) is -8.25. The van der Waals surface area contributed by atoms with Crippen LogP contribution in [0.3, 0.4) is 0 Å². The van der Waals surface area contributed by atoms with Crippen molar-refractivity contribution in [1.82, 2.24) is 0 Å². The van der Waals surface area contributed by atoms with Crippen LogP contribution in [0.5, 0.6) is 0 Å². The van der Waals surface area contributed by atoms with Crippen LogP contribution in [0.1, 0.15) is 93.4 Å². The SMILES string of the molecule is CC(=O)CC(=O)OCC(CO)OC(=O)CC(C)=O.CC(=O)CC(=O)OCC(COC(=O)CC(C)=O)OC(=O)CC(C)=O.CC(=O)CC(=O)OCC(O)COC(=O)CC(C)=O. The lowest BCUT2D eigenvalue weighted by Crippen LogP contribution is -2.31. The summed E-state index contributed by atoms with van der Waals surface area (Å²) in [4.78, 5) is 153. The minimum absolute atomic E-state index is 0.345. The van der Waals surface area contributed by atoms with Gasteiger partial charge in [0.05, 0.1) is 6.61 Å². The minimum Gasteiger partial charge on any atom is -0.462 e. The van der Waals surface area contributed by atoms with Crippen molar-refractivity contribution in [2.45, 2.75) is 112 Å². The molecule has 0 aromatic rings. The van der Waals surface area contributed by atoms with Crippen LogP contribution in [0.2, 0.25) is 0 Å². The van der Waals surface area contributed by atoms with Crippen LogP contribution in [0.25, 0.3) is 0 Å². The largest absolute Gasteiger partial charge is 0.462 e. The number of carbonyl (C=O) groups is 14. The molecule has 0 heterocycles. The van der Waals surface area contributed by atoms with Gasteiger partial charge in [0.2, 0.25) is 0 Å². The zero-order chi connectivity index (χ0) is 47.0. The maximum absolute atomic E-state index is 11.5. The molecule has 0 saturated heterocycles. The van der Waals surface area contributed by atoms with E-state index in [0.29, 0.717) is 0 Å². The van der Waals surface area contributed by atoms with E-state index in [1.165, 1.54) is 48.5 Å². The number of hydrogen-bond acceptors (Lipinski definition) is 23. The van der Waals surface area contributed by atoms with Crippen LogP contribution in [-0.4, -0.2) is 150 Å². The van der Waals surface area contributed by atoms with Gasteiger partial charge in [-0.25, -0.2) is 0 Å². The first-order valence-corrected chi connectivity index (χ1v) is 17.7. The van der Waals surface area contributed by atoms with Crippen LogP contribution in [0.4, 0.5) is 0 Å². The number of ketones is 7. The van der Waals surface area contributed by atoms with Gasteiger partial charge in [0.15, 0.2) is 12.2 Å². The third-order valence-corrected chi connectivity index (χ3v) is 5.72. The van der Waals surface area contributed by atoms with Crippen LogP contribution in [0, 0.1) is 0 Å². The molecule has 0 rings (SSSR count). The molecular formula is C37H52O23. The highest BCUT2D eigenvalue weighted by Crippen LogP contribution is 2.03. The van der Waals surface area contributed by atoms with Gasteiger partial charge in [-0.1, -0.05) is 0 Å². The van der Waals surface area contributed by atoms with Crippen LogP contribution in [0.15, 0.2) is 0 Å². The smallest absolute Gasteiger partial charge is 0.313 e. The predicted molar refractivity (Wildman–Crippen MR) is 195 cm³/mol.